The lowest BCUT2D eigenvalue weighted by Gasteiger charge is -2.34. The molecule has 2 aliphatic rings. The lowest BCUT2D eigenvalue weighted by Crippen LogP contribution is -2.51. The van der Waals surface area contributed by atoms with Crippen molar-refractivity contribution < 1.29 is 13.2 Å². The number of fused-ring (bicyclic) bond motifs is 1. The fourth-order valence-corrected chi connectivity index (χ4v) is 5.64. The molecule has 0 N–H and O–H groups in total. The van der Waals surface area contributed by atoms with E-state index in [0.29, 0.717) is 37.6 Å². The molecule has 7 heteroatoms. The van der Waals surface area contributed by atoms with Crippen LogP contribution in [0.4, 0.5) is 5.69 Å². The van der Waals surface area contributed by atoms with Crippen LogP contribution in [-0.4, -0.2) is 62.8 Å². The molecule has 0 atom stereocenters. The molecular weight excluding hydrogens is 398 g/mol. The molecule has 0 radical (unpaired) electrons. The van der Waals surface area contributed by atoms with E-state index in [4.69, 9.17) is 0 Å². The van der Waals surface area contributed by atoms with Gasteiger partial charge in [0, 0.05) is 38.4 Å². The topological polar surface area (TPSA) is 60.9 Å². The summed E-state index contributed by atoms with van der Waals surface area (Å²) in [5, 5.41) is 0. The van der Waals surface area contributed by atoms with Crippen molar-refractivity contribution in [2.45, 2.75) is 31.1 Å². The number of anilines is 1. The first-order valence-corrected chi connectivity index (χ1v) is 12.1. The van der Waals surface area contributed by atoms with Gasteiger partial charge in [0.25, 0.3) is 0 Å². The molecule has 160 valence electrons. The Morgan fingerprint density at radius 1 is 0.900 bits per heavy atom. The first-order chi connectivity index (χ1) is 14.4. The van der Waals surface area contributed by atoms with E-state index in [9.17, 15) is 13.2 Å². The number of amides is 1. The van der Waals surface area contributed by atoms with Gasteiger partial charge in [0.15, 0.2) is 0 Å². The molecule has 0 bridgehead atoms. The molecule has 1 fully saturated rings. The number of hydrogen-bond donors (Lipinski definition) is 0. The van der Waals surface area contributed by atoms with Crippen molar-refractivity contribution in [3.8, 4) is 0 Å². The van der Waals surface area contributed by atoms with Crippen molar-refractivity contribution in [2.24, 2.45) is 0 Å². The van der Waals surface area contributed by atoms with E-state index >= 15 is 0 Å². The molecule has 2 aromatic rings. The van der Waals surface area contributed by atoms with Crippen molar-refractivity contribution in [2.75, 3.05) is 44.2 Å². The van der Waals surface area contributed by atoms with Gasteiger partial charge >= 0.3 is 0 Å². The summed E-state index contributed by atoms with van der Waals surface area (Å²) in [4.78, 5) is 17.4. The number of piperazine rings is 1. The zero-order valence-electron chi connectivity index (χ0n) is 17.5. The van der Waals surface area contributed by atoms with Crippen LogP contribution in [0, 0.1) is 6.92 Å². The second-order valence-corrected chi connectivity index (χ2v) is 10.1. The number of aryl methyl sites for hydroxylation is 2. The Hall–Kier alpha value is -2.22. The van der Waals surface area contributed by atoms with Gasteiger partial charge in [0.1, 0.15) is 0 Å². The lowest BCUT2D eigenvalue weighted by molar-refractivity contribution is -0.120. The fraction of sp³-hybridized carbons (Fsp3) is 0.435. The van der Waals surface area contributed by atoms with Gasteiger partial charge in [-0.3, -0.25) is 9.69 Å². The second kappa shape index (κ2) is 8.88. The summed E-state index contributed by atoms with van der Waals surface area (Å²) >= 11 is 0. The summed E-state index contributed by atoms with van der Waals surface area (Å²) in [6.45, 7) is 4.94. The van der Waals surface area contributed by atoms with Crippen molar-refractivity contribution in [3.05, 3.63) is 59.7 Å². The number of carbonyl (C=O) groups is 1. The zero-order chi connectivity index (χ0) is 21.1. The Morgan fingerprint density at radius 3 is 2.33 bits per heavy atom. The van der Waals surface area contributed by atoms with Crippen LogP contribution in [0.15, 0.2) is 53.4 Å². The second-order valence-electron chi connectivity index (χ2n) is 8.12. The molecular formula is C23H29N3O3S. The number of hydrogen-bond acceptors (Lipinski definition) is 4. The Bertz CT molecular complexity index is 997. The van der Waals surface area contributed by atoms with Crippen molar-refractivity contribution >= 4 is 21.6 Å². The van der Waals surface area contributed by atoms with Crippen LogP contribution < -0.4 is 4.90 Å². The summed E-state index contributed by atoms with van der Waals surface area (Å²) < 4.78 is 27.3. The van der Waals surface area contributed by atoms with Gasteiger partial charge < -0.3 is 4.90 Å². The zero-order valence-corrected chi connectivity index (χ0v) is 18.3. The number of sulfonamides is 1. The van der Waals surface area contributed by atoms with E-state index in [1.165, 1.54) is 9.87 Å². The van der Waals surface area contributed by atoms with Gasteiger partial charge in [-0.2, -0.15) is 4.31 Å². The fourth-order valence-electron chi connectivity index (χ4n) is 4.21. The molecule has 0 saturated carbocycles. The molecule has 2 heterocycles. The standard InChI is InChI=1S/C23H29N3O3S/c1-19-9-11-21(12-10-19)30(28,29)25-16-14-24(15-17-25)18-23(27)26-13-5-4-7-20-6-2-3-8-22(20)26/h2-3,6,8-12H,4-5,7,13-18H2,1H3. The third kappa shape index (κ3) is 4.43. The smallest absolute Gasteiger partial charge is 0.243 e. The van der Waals surface area contributed by atoms with Crippen LogP contribution >= 0.6 is 0 Å². The maximum atomic E-state index is 13.1. The van der Waals surface area contributed by atoms with E-state index < -0.39 is 10.0 Å². The first kappa shape index (κ1) is 21.0. The predicted molar refractivity (Wildman–Crippen MR) is 118 cm³/mol. The number of nitrogens with zero attached hydrogens (tertiary/aromatic N) is 3. The van der Waals surface area contributed by atoms with Crippen LogP contribution in [0.2, 0.25) is 0 Å². The van der Waals surface area contributed by atoms with E-state index in [1.807, 2.05) is 42.2 Å². The van der Waals surface area contributed by atoms with E-state index in [1.54, 1.807) is 12.1 Å². The highest BCUT2D eigenvalue weighted by Gasteiger charge is 2.30. The van der Waals surface area contributed by atoms with E-state index in [-0.39, 0.29) is 5.91 Å². The first-order valence-electron chi connectivity index (χ1n) is 10.6. The summed E-state index contributed by atoms with van der Waals surface area (Å²) in [6.07, 6.45) is 3.11. The monoisotopic (exact) mass is 427 g/mol. The number of para-hydroxylation sites is 1. The summed E-state index contributed by atoms with van der Waals surface area (Å²) in [5.74, 6) is 0.0965. The molecule has 0 unspecified atom stereocenters. The molecule has 2 aliphatic heterocycles. The average molecular weight is 428 g/mol. The van der Waals surface area contributed by atoms with Gasteiger partial charge in [-0.15, -0.1) is 0 Å². The van der Waals surface area contributed by atoms with Crippen LogP contribution in [0.5, 0.6) is 0 Å². The largest absolute Gasteiger partial charge is 0.311 e. The van der Waals surface area contributed by atoms with Crippen molar-refractivity contribution in [1.82, 2.24) is 9.21 Å². The summed E-state index contributed by atoms with van der Waals surface area (Å²) in [5.41, 5.74) is 3.30. The number of rotatable bonds is 4. The molecule has 0 aromatic heterocycles. The van der Waals surface area contributed by atoms with Gasteiger partial charge in [0.2, 0.25) is 15.9 Å². The molecule has 1 amide bonds. The van der Waals surface area contributed by atoms with Crippen LogP contribution in [0.3, 0.4) is 0 Å². The Labute approximate surface area is 179 Å². The van der Waals surface area contributed by atoms with Crippen LogP contribution in [0.25, 0.3) is 0 Å². The Morgan fingerprint density at radius 2 is 1.60 bits per heavy atom. The normalized spacial score (nSPS) is 18.6. The molecule has 4 rings (SSSR count). The summed E-state index contributed by atoms with van der Waals surface area (Å²) in [6, 6.07) is 15.1. The minimum Gasteiger partial charge on any atom is -0.311 e. The van der Waals surface area contributed by atoms with Crippen molar-refractivity contribution in [1.29, 1.82) is 0 Å². The molecule has 6 nitrogen and oxygen atoms in total. The third-order valence-electron chi connectivity index (χ3n) is 6.01. The van der Waals surface area contributed by atoms with Crippen LogP contribution in [0.1, 0.15) is 24.0 Å². The lowest BCUT2D eigenvalue weighted by atomic mass is 10.1. The molecule has 30 heavy (non-hydrogen) atoms. The molecule has 0 aliphatic carbocycles. The average Bonchev–Trinajstić information content (AvgIpc) is 2.97. The quantitative estimate of drug-likeness (QED) is 0.753. The highest BCUT2D eigenvalue weighted by molar-refractivity contribution is 7.89. The molecule has 1 saturated heterocycles. The van der Waals surface area contributed by atoms with Gasteiger partial charge in [-0.1, -0.05) is 35.9 Å². The van der Waals surface area contributed by atoms with Crippen molar-refractivity contribution in [3.63, 3.8) is 0 Å². The third-order valence-corrected chi connectivity index (χ3v) is 7.92. The summed E-state index contributed by atoms with van der Waals surface area (Å²) in [7, 11) is -3.48. The van der Waals surface area contributed by atoms with Gasteiger partial charge in [-0.25, -0.2) is 8.42 Å². The van der Waals surface area contributed by atoms with Gasteiger partial charge in [-0.05, 0) is 49.9 Å². The maximum absolute atomic E-state index is 13.1. The highest BCUT2D eigenvalue weighted by atomic mass is 32.2. The molecule has 2 aromatic carbocycles. The van der Waals surface area contributed by atoms with E-state index in [0.717, 1.165) is 37.1 Å². The minimum absolute atomic E-state index is 0.0965. The molecule has 0 spiro atoms. The number of carbonyl (C=O) groups excluding carboxylic acids is 1. The number of benzene rings is 2. The van der Waals surface area contributed by atoms with Crippen LogP contribution in [-0.2, 0) is 21.2 Å². The SMILES string of the molecule is Cc1ccc(S(=O)(=O)N2CCN(CC(=O)N3CCCCc4ccccc43)CC2)cc1. The Balaban J connectivity index is 1.38. The van der Waals surface area contributed by atoms with Gasteiger partial charge in [0.05, 0.1) is 11.4 Å². The predicted octanol–water partition coefficient (Wildman–Crippen LogP) is 2.67. The highest BCUT2D eigenvalue weighted by Crippen LogP contribution is 2.26. The van der Waals surface area contributed by atoms with E-state index in [2.05, 4.69) is 11.0 Å². The Kier molecular flexibility index (Phi) is 6.22. The minimum atomic E-state index is -3.48. The maximum Gasteiger partial charge on any atom is 0.243 e.